The number of ether oxygens (including phenoxy) is 1. The predicted molar refractivity (Wildman–Crippen MR) is 102 cm³/mol. The largest absolute Gasteiger partial charge is 0.497 e. The summed E-state index contributed by atoms with van der Waals surface area (Å²) in [5.74, 6) is 0.828. The van der Waals surface area contributed by atoms with Gasteiger partial charge in [0.05, 0.1) is 13.2 Å². The average Bonchev–Trinajstić information content (AvgIpc) is 3.18. The molecule has 1 unspecified atom stereocenters. The summed E-state index contributed by atoms with van der Waals surface area (Å²) in [7, 11) is 1.64. The predicted octanol–water partition coefficient (Wildman–Crippen LogP) is 4.93. The lowest BCUT2D eigenvalue weighted by atomic mass is 9.87. The number of rotatable bonds is 4. The van der Waals surface area contributed by atoms with Gasteiger partial charge in [-0.3, -0.25) is 9.69 Å². The summed E-state index contributed by atoms with van der Waals surface area (Å²) in [6, 6.07) is 21.7. The SMILES string of the molecule is COc1ccc(N2C(=O)/C(=C/c3cccs3)C2c2ccccc2)cc1. The molecular formula is C21H17NO2S. The van der Waals surface area contributed by atoms with E-state index in [4.69, 9.17) is 4.74 Å². The Morgan fingerprint density at radius 3 is 2.40 bits per heavy atom. The van der Waals surface area contributed by atoms with Gasteiger partial charge in [-0.25, -0.2) is 0 Å². The number of nitrogens with zero attached hydrogens (tertiary/aromatic N) is 1. The highest BCUT2D eigenvalue weighted by atomic mass is 32.1. The third-order valence-electron chi connectivity index (χ3n) is 4.33. The van der Waals surface area contributed by atoms with Gasteiger partial charge in [0.25, 0.3) is 5.91 Å². The zero-order chi connectivity index (χ0) is 17.2. The third kappa shape index (κ3) is 2.85. The summed E-state index contributed by atoms with van der Waals surface area (Å²) >= 11 is 1.64. The van der Waals surface area contributed by atoms with Gasteiger partial charge in [0.1, 0.15) is 5.75 Å². The van der Waals surface area contributed by atoms with Crippen LogP contribution in [0.15, 0.2) is 77.7 Å². The van der Waals surface area contributed by atoms with Crippen molar-refractivity contribution in [1.29, 1.82) is 0 Å². The normalized spacial score (nSPS) is 18.3. The fraction of sp³-hybridized carbons (Fsp3) is 0.0952. The highest BCUT2D eigenvalue weighted by Gasteiger charge is 2.43. The number of carbonyl (C=O) groups excluding carboxylic acids is 1. The average molecular weight is 347 g/mol. The van der Waals surface area contributed by atoms with Gasteiger partial charge in [0, 0.05) is 16.1 Å². The topological polar surface area (TPSA) is 29.5 Å². The van der Waals surface area contributed by atoms with Crippen molar-refractivity contribution >= 4 is 29.0 Å². The highest BCUT2D eigenvalue weighted by molar-refractivity contribution is 7.10. The number of β-lactam (4-membered cyclic amide) rings is 1. The molecule has 0 saturated carbocycles. The van der Waals surface area contributed by atoms with E-state index in [-0.39, 0.29) is 11.9 Å². The molecule has 0 bridgehead atoms. The number of hydrogen-bond donors (Lipinski definition) is 0. The lowest BCUT2D eigenvalue weighted by Gasteiger charge is -2.43. The molecule has 1 aromatic heterocycles. The number of methoxy groups -OCH3 is 1. The Bertz CT molecular complexity index is 899. The van der Waals surface area contributed by atoms with Crippen molar-refractivity contribution in [1.82, 2.24) is 0 Å². The molecule has 1 aliphatic rings. The fourth-order valence-electron chi connectivity index (χ4n) is 3.09. The summed E-state index contributed by atoms with van der Waals surface area (Å²) in [6.45, 7) is 0. The van der Waals surface area contributed by atoms with Gasteiger partial charge in [-0.15, -0.1) is 11.3 Å². The minimum atomic E-state index is -0.0656. The van der Waals surface area contributed by atoms with Gasteiger partial charge in [-0.1, -0.05) is 36.4 Å². The molecule has 1 saturated heterocycles. The van der Waals surface area contributed by atoms with E-state index in [1.54, 1.807) is 18.4 Å². The van der Waals surface area contributed by atoms with Crippen molar-refractivity contribution in [2.75, 3.05) is 12.0 Å². The van der Waals surface area contributed by atoms with Gasteiger partial charge < -0.3 is 4.74 Å². The summed E-state index contributed by atoms with van der Waals surface area (Å²) < 4.78 is 5.22. The van der Waals surface area contributed by atoms with Gasteiger partial charge in [-0.05, 0) is 47.4 Å². The Kier molecular flexibility index (Phi) is 4.12. The molecule has 1 amide bonds. The van der Waals surface area contributed by atoms with Crippen LogP contribution in [0.1, 0.15) is 16.5 Å². The molecule has 3 nitrogen and oxygen atoms in total. The van der Waals surface area contributed by atoms with Crippen LogP contribution >= 0.6 is 11.3 Å². The first-order chi connectivity index (χ1) is 12.3. The monoisotopic (exact) mass is 347 g/mol. The fourth-order valence-corrected chi connectivity index (χ4v) is 3.75. The molecule has 1 aliphatic heterocycles. The summed E-state index contributed by atoms with van der Waals surface area (Å²) in [5, 5.41) is 2.02. The van der Waals surface area contributed by atoms with E-state index in [2.05, 4.69) is 12.1 Å². The summed E-state index contributed by atoms with van der Waals surface area (Å²) in [6.07, 6.45) is 2.00. The van der Waals surface area contributed by atoms with Crippen molar-refractivity contribution in [2.24, 2.45) is 0 Å². The van der Waals surface area contributed by atoms with Gasteiger partial charge in [-0.2, -0.15) is 0 Å². The Morgan fingerprint density at radius 2 is 1.76 bits per heavy atom. The van der Waals surface area contributed by atoms with E-state index in [9.17, 15) is 4.79 Å². The molecule has 124 valence electrons. The zero-order valence-electron chi connectivity index (χ0n) is 13.8. The van der Waals surface area contributed by atoms with E-state index in [1.807, 2.05) is 71.0 Å². The molecule has 2 heterocycles. The van der Waals surface area contributed by atoms with Crippen LogP contribution in [0, 0.1) is 0 Å². The summed E-state index contributed by atoms with van der Waals surface area (Å²) in [5.41, 5.74) is 2.81. The van der Waals surface area contributed by atoms with Crippen molar-refractivity contribution in [3.05, 3.63) is 88.1 Å². The Hall–Kier alpha value is -2.85. The first-order valence-corrected chi connectivity index (χ1v) is 8.93. The van der Waals surface area contributed by atoms with Crippen molar-refractivity contribution in [2.45, 2.75) is 6.04 Å². The number of benzene rings is 2. The van der Waals surface area contributed by atoms with Crippen LogP contribution in [-0.4, -0.2) is 13.0 Å². The Labute approximate surface area is 150 Å². The molecule has 1 atom stereocenters. The highest BCUT2D eigenvalue weighted by Crippen LogP contribution is 2.44. The maximum Gasteiger partial charge on any atom is 0.257 e. The van der Waals surface area contributed by atoms with Crippen LogP contribution in [0.3, 0.4) is 0 Å². The zero-order valence-corrected chi connectivity index (χ0v) is 14.6. The summed E-state index contributed by atoms with van der Waals surface area (Å²) in [4.78, 5) is 15.8. The second-order valence-corrected chi connectivity index (χ2v) is 6.78. The van der Waals surface area contributed by atoms with E-state index >= 15 is 0 Å². The molecule has 1 fully saturated rings. The van der Waals surface area contributed by atoms with E-state index in [0.717, 1.165) is 27.5 Å². The van der Waals surface area contributed by atoms with E-state index in [0.29, 0.717) is 0 Å². The molecule has 4 rings (SSSR count). The lowest BCUT2D eigenvalue weighted by Crippen LogP contribution is -2.49. The molecule has 25 heavy (non-hydrogen) atoms. The molecular weight excluding hydrogens is 330 g/mol. The first-order valence-electron chi connectivity index (χ1n) is 8.05. The standard InChI is InChI=1S/C21H17NO2S/c1-24-17-11-9-16(10-12-17)22-20(15-6-3-2-4-7-15)19(21(22)23)14-18-8-5-13-25-18/h2-14,20H,1H3/b19-14+. The smallest absolute Gasteiger partial charge is 0.257 e. The maximum atomic E-state index is 12.9. The van der Waals surface area contributed by atoms with E-state index in [1.165, 1.54) is 0 Å². The molecule has 0 spiro atoms. The number of anilines is 1. The van der Waals surface area contributed by atoms with Crippen molar-refractivity contribution < 1.29 is 9.53 Å². The van der Waals surface area contributed by atoms with Crippen molar-refractivity contribution in [3.8, 4) is 5.75 Å². The second-order valence-electron chi connectivity index (χ2n) is 5.80. The lowest BCUT2D eigenvalue weighted by molar-refractivity contribution is -0.118. The number of thiophene rings is 1. The second kappa shape index (κ2) is 6.57. The van der Waals surface area contributed by atoms with Gasteiger partial charge in [0.2, 0.25) is 0 Å². The van der Waals surface area contributed by atoms with Crippen LogP contribution in [0.5, 0.6) is 5.75 Å². The van der Waals surface area contributed by atoms with Gasteiger partial charge >= 0.3 is 0 Å². The minimum Gasteiger partial charge on any atom is -0.497 e. The molecule has 0 N–H and O–H groups in total. The Morgan fingerprint density at radius 1 is 1.00 bits per heavy atom. The molecule has 4 heteroatoms. The van der Waals surface area contributed by atoms with Crippen LogP contribution in [-0.2, 0) is 4.79 Å². The third-order valence-corrected chi connectivity index (χ3v) is 5.14. The maximum absolute atomic E-state index is 12.9. The Balaban J connectivity index is 1.74. The molecule has 0 radical (unpaired) electrons. The first kappa shape index (κ1) is 15.7. The number of carbonyl (C=O) groups is 1. The van der Waals surface area contributed by atoms with Crippen LogP contribution in [0.2, 0.25) is 0 Å². The van der Waals surface area contributed by atoms with Crippen LogP contribution in [0.25, 0.3) is 6.08 Å². The van der Waals surface area contributed by atoms with Crippen molar-refractivity contribution in [3.63, 3.8) is 0 Å². The molecule has 0 aliphatic carbocycles. The van der Waals surface area contributed by atoms with Crippen LogP contribution in [0.4, 0.5) is 5.69 Å². The number of hydrogen-bond acceptors (Lipinski definition) is 3. The van der Waals surface area contributed by atoms with Gasteiger partial charge in [0.15, 0.2) is 0 Å². The molecule has 3 aromatic rings. The minimum absolute atomic E-state index is 0.0485. The molecule has 2 aromatic carbocycles. The van der Waals surface area contributed by atoms with Crippen LogP contribution < -0.4 is 9.64 Å². The number of amides is 1. The quantitative estimate of drug-likeness (QED) is 0.495. The van der Waals surface area contributed by atoms with E-state index < -0.39 is 0 Å².